The molecular formula is C84H66N2O2. The molecule has 0 spiro atoms. The van der Waals surface area contributed by atoms with Gasteiger partial charge in [-0.25, -0.2) is 0 Å². The SMILES string of the molecule is Cc1ccccc1-c1ccc(N(c2ccc(-c3ccccc3C)cc2)c2ccc(C3C(O)C(c4ccc(N(c5ccc(-c6ccccc6C)cc5)c5ccc(-c6ccccc6C)cc5)c5cc6ccccc6cc45)C3O)c3cc4ccccc4cc23)cc1. The van der Waals surface area contributed by atoms with E-state index in [4.69, 9.17) is 0 Å². The molecule has 1 aliphatic carbocycles. The number of hydrogen-bond donors (Lipinski definition) is 2. The largest absolute Gasteiger partial charge is 0.392 e. The first-order valence-electron chi connectivity index (χ1n) is 30.6. The molecule has 1 fully saturated rings. The van der Waals surface area contributed by atoms with Crippen molar-refractivity contribution in [1.82, 2.24) is 0 Å². The maximum atomic E-state index is 13.0. The lowest BCUT2D eigenvalue weighted by Crippen LogP contribution is -2.51. The molecule has 4 nitrogen and oxygen atoms in total. The Hall–Kier alpha value is -10.4. The molecule has 1 saturated carbocycles. The molecule has 0 aliphatic heterocycles. The summed E-state index contributed by atoms with van der Waals surface area (Å²) in [6.45, 7) is 8.66. The Bertz CT molecular complexity index is 4450. The molecule has 1 aliphatic rings. The van der Waals surface area contributed by atoms with Crippen LogP contribution in [0, 0.1) is 27.7 Å². The number of fused-ring (bicyclic) bond motifs is 4. The lowest BCUT2D eigenvalue weighted by Gasteiger charge is -2.48. The molecule has 2 N–H and O–H groups in total. The molecule has 0 atom stereocenters. The third kappa shape index (κ3) is 9.59. The summed E-state index contributed by atoms with van der Waals surface area (Å²) < 4.78 is 0. The van der Waals surface area contributed by atoms with Gasteiger partial charge >= 0.3 is 0 Å². The highest BCUT2D eigenvalue weighted by molar-refractivity contribution is 6.10. The Morgan fingerprint density at radius 3 is 0.750 bits per heavy atom. The second-order valence-corrected chi connectivity index (χ2v) is 24.0. The van der Waals surface area contributed by atoms with E-state index >= 15 is 0 Å². The second kappa shape index (κ2) is 22.5. The van der Waals surface area contributed by atoms with Crippen LogP contribution >= 0.6 is 0 Å². The summed E-state index contributed by atoms with van der Waals surface area (Å²) in [6.07, 6.45) is -1.79. The van der Waals surface area contributed by atoms with E-state index in [2.05, 4.69) is 329 Å². The monoisotopic (exact) mass is 1130 g/mol. The molecule has 0 aromatic heterocycles. The molecule has 424 valence electrons. The van der Waals surface area contributed by atoms with Crippen molar-refractivity contribution in [3.8, 4) is 44.5 Å². The second-order valence-electron chi connectivity index (χ2n) is 24.0. The summed E-state index contributed by atoms with van der Waals surface area (Å²) in [6, 6.07) is 105. The number of hydrogen-bond acceptors (Lipinski definition) is 4. The summed E-state index contributed by atoms with van der Waals surface area (Å²) in [5.74, 6) is -1.13. The maximum absolute atomic E-state index is 13.0. The van der Waals surface area contributed by atoms with E-state index in [1.807, 2.05) is 0 Å². The number of nitrogens with zero attached hydrogens (tertiary/aromatic N) is 2. The van der Waals surface area contributed by atoms with Gasteiger partial charge in [0.15, 0.2) is 0 Å². The Morgan fingerprint density at radius 1 is 0.250 bits per heavy atom. The van der Waals surface area contributed by atoms with Crippen LogP contribution in [0.5, 0.6) is 0 Å². The zero-order chi connectivity index (χ0) is 59.6. The van der Waals surface area contributed by atoms with Crippen molar-refractivity contribution in [3.63, 3.8) is 0 Å². The van der Waals surface area contributed by atoms with Gasteiger partial charge in [0.1, 0.15) is 0 Å². The molecule has 14 aromatic rings. The first-order chi connectivity index (χ1) is 43.1. The first kappa shape index (κ1) is 54.3. The lowest BCUT2D eigenvalue weighted by atomic mass is 9.62. The van der Waals surface area contributed by atoms with Gasteiger partial charge in [0, 0.05) is 45.4 Å². The minimum Gasteiger partial charge on any atom is -0.392 e. The standard InChI is InChI=1S/C84H66N2O2/c1-53-17-5-13-25-69(53)57-29-37-65(38-30-57)85(66-39-31-58(32-40-66)70-26-14-6-18-54(70)2)79-47-45-73(75-49-61-21-9-11-23-63(61)51-77(75)79)81-83(87)82(84(81)88)74-46-48-80(78-52-64-24-12-10-22-62(64)50-76(74)78)86(67-41-33-59(34-42-67)71-27-15-7-19-55(71)3)68-43-35-60(36-44-68)72-28-16-8-20-56(72)4/h5-52,81-84,87-88H,1-4H3. The van der Waals surface area contributed by atoms with E-state index in [9.17, 15) is 10.2 Å². The molecule has 4 heteroatoms. The van der Waals surface area contributed by atoms with Crippen molar-refractivity contribution in [2.75, 3.05) is 9.80 Å². The topological polar surface area (TPSA) is 46.9 Å². The highest BCUT2D eigenvalue weighted by Gasteiger charge is 2.51. The van der Waals surface area contributed by atoms with Gasteiger partial charge in [0.25, 0.3) is 0 Å². The Morgan fingerprint density at radius 2 is 0.489 bits per heavy atom. The quantitative estimate of drug-likeness (QED) is 0.120. The van der Waals surface area contributed by atoms with E-state index in [0.717, 1.165) is 111 Å². The van der Waals surface area contributed by atoms with Crippen LogP contribution in [0.4, 0.5) is 34.1 Å². The van der Waals surface area contributed by atoms with Gasteiger partial charge in [-0.05, 0) is 223 Å². The number of anilines is 6. The van der Waals surface area contributed by atoms with Crippen molar-refractivity contribution >= 4 is 77.2 Å². The molecular weight excluding hydrogens is 1070 g/mol. The van der Waals surface area contributed by atoms with Gasteiger partial charge in [-0.3, -0.25) is 0 Å². The molecule has 0 saturated heterocycles. The number of aryl methyl sites for hydroxylation is 4. The fourth-order valence-corrected chi connectivity index (χ4v) is 14.1. The van der Waals surface area contributed by atoms with Crippen molar-refractivity contribution in [1.29, 1.82) is 0 Å². The van der Waals surface area contributed by atoms with Crippen molar-refractivity contribution in [2.24, 2.45) is 0 Å². The van der Waals surface area contributed by atoms with Gasteiger partial charge in [0.2, 0.25) is 0 Å². The van der Waals surface area contributed by atoms with E-state index in [1.54, 1.807) is 0 Å². The van der Waals surface area contributed by atoms with Crippen LogP contribution in [-0.4, -0.2) is 22.4 Å². The minimum absolute atomic E-state index is 0.567. The van der Waals surface area contributed by atoms with Crippen LogP contribution < -0.4 is 9.80 Å². The normalized spacial score (nSPS) is 15.6. The summed E-state index contributed by atoms with van der Waals surface area (Å²) >= 11 is 0. The molecule has 0 amide bonds. The van der Waals surface area contributed by atoms with Crippen LogP contribution in [0.3, 0.4) is 0 Å². The smallest absolute Gasteiger partial charge is 0.0727 e. The predicted molar refractivity (Wildman–Crippen MR) is 370 cm³/mol. The molecule has 0 radical (unpaired) electrons. The van der Waals surface area contributed by atoms with Crippen LogP contribution in [0.15, 0.2) is 291 Å². The van der Waals surface area contributed by atoms with Crippen LogP contribution in [-0.2, 0) is 0 Å². The van der Waals surface area contributed by atoms with Crippen molar-refractivity contribution in [2.45, 2.75) is 51.7 Å². The summed E-state index contributed by atoms with van der Waals surface area (Å²) in [5, 5.41) is 34.6. The first-order valence-corrected chi connectivity index (χ1v) is 30.6. The third-order valence-corrected chi connectivity index (χ3v) is 18.8. The summed E-state index contributed by atoms with van der Waals surface area (Å²) in [5.41, 5.74) is 22.3. The maximum Gasteiger partial charge on any atom is 0.0727 e. The fourth-order valence-electron chi connectivity index (χ4n) is 14.1. The zero-order valence-corrected chi connectivity index (χ0v) is 49.8. The molecule has 14 aromatic carbocycles. The van der Waals surface area contributed by atoms with E-state index in [0.29, 0.717) is 0 Å². The van der Waals surface area contributed by atoms with Crippen LogP contribution in [0.25, 0.3) is 87.6 Å². The third-order valence-electron chi connectivity index (χ3n) is 18.8. The average molecular weight is 1140 g/mol. The Labute approximate surface area is 515 Å². The predicted octanol–water partition coefficient (Wildman–Crippen LogP) is 21.7. The minimum atomic E-state index is -0.894. The molecule has 0 heterocycles. The Balaban J connectivity index is 0.849. The number of aliphatic hydroxyl groups is 2. The van der Waals surface area contributed by atoms with Gasteiger partial charge in [-0.15, -0.1) is 0 Å². The molecule has 0 bridgehead atoms. The summed E-state index contributed by atoms with van der Waals surface area (Å²) in [7, 11) is 0. The van der Waals surface area contributed by atoms with Crippen molar-refractivity contribution in [3.05, 3.63) is 325 Å². The number of benzene rings is 14. The fraction of sp³-hybridized carbons (Fsp3) is 0.0952. The van der Waals surface area contributed by atoms with Gasteiger partial charge in [-0.1, -0.05) is 206 Å². The van der Waals surface area contributed by atoms with Crippen molar-refractivity contribution < 1.29 is 10.2 Å². The number of aliphatic hydroxyl groups excluding tert-OH is 2. The highest BCUT2D eigenvalue weighted by Crippen LogP contribution is 2.54. The number of rotatable bonds is 12. The van der Waals surface area contributed by atoms with Crippen LogP contribution in [0.1, 0.15) is 45.2 Å². The molecule has 88 heavy (non-hydrogen) atoms. The van der Waals surface area contributed by atoms with Gasteiger partial charge < -0.3 is 20.0 Å². The average Bonchev–Trinajstić information content (AvgIpc) is 0.790. The van der Waals surface area contributed by atoms with Gasteiger partial charge in [0.05, 0.1) is 23.6 Å². The van der Waals surface area contributed by atoms with E-state index < -0.39 is 24.0 Å². The van der Waals surface area contributed by atoms with E-state index in [-0.39, 0.29) is 0 Å². The zero-order valence-electron chi connectivity index (χ0n) is 49.8. The summed E-state index contributed by atoms with van der Waals surface area (Å²) in [4.78, 5) is 4.72. The lowest BCUT2D eigenvalue weighted by molar-refractivity contribution is -0.0775. The van der Waals surface area contributed by atoms with Crippen LogP contribution in [0.2, 0.25) is 0 Å². The molecule has 15 rings (SSSR count). The van der Waals surface area contributed by atoms with Gasteiger partial charge in [-0.2, -0.15) is 0 Å². The Kier molecular flexibility index (Phi) is 13.9. The highest BCUT2D eigenvalue weighted by atomic mass is 16.3. The van der Waals surface area contributed by atoms with E-state index in [1.165, 1.54) is 44.5 Å². The molecule has 0 unspecified atom stereocenters.